The van der Waals surface area contributed by atoms with Crippen LogP contribution in [0.1, 0.15) is 34.6 Å². The molecule has 1 nitrogen and oxygen atoms in total. The third-order valence-electron chi connectivity index (χ3n) is 1.69. The van der Waals surface area contributed by atoms with E-state index in [0.29, 0.717) is 11.8 Å². The fourth-order valence-electron chi connectivity index (χ4n) is 1.15. The summed E-state index contributed by atoms with van der Waals surface area (Å²) in [6, 6.07) is 0. The van der Waals surface area contributed by atoms with Gasteiger partial charge in [-0.25, -0.2) is 0 Å². The molecule has 1 atom stereocenters. The monoisotopic (exact) mass is 156 g/mol. The van der Waals surface area contributed by atoms with Crippen molar-refractivity contribution in [1.29, 1.82) is 0 Å². The molecule has 0 radical (unpaired) electrons. The summed E-state index contributed by atoms with van der Waals surface area (Å²) in [5.41, 5.74) is 1.09. The Labute approximate surface area is 70.1 Å². The summed E-state index contributed by atoms with van der Waals surface area (Å²) in [7, 11) is 0. The van der Waals surface area contributed by atoms with E-state index in [-0.39, 0.29) is 6.10 Å². The molecular weight excluding hydrogens is 136 g/mol. The third-order valence-corrected chi connectivity index (χ3v) is 1.69. The first-order valence-electron chi connectivity index (χ1n) is 4.31. The maximum atomic E-state index is 9.58. The normalized spacial score (nSPS) is 16.2. The average molecular weight is 156 g/mol. The molecule has 0 aliphatic carbocycles. The maximum Gasteiger partial charge on any atom is 0.0770 e. The molecular formula is C10H20O. The van der Waals surface area contributed by atoms with Gasteiger partial charge in [0.1, 0.15) is 0 Å². The highest BCUT2D eigenvalue weighted by atomic mass is 16.3. The van der Waals surface area contributed by atoms with E-state index in [2.05, 4.69) is 19.9 Å². The quantitative estimate of drug-likeness (QED) is 0.623. The molecule has 0 saturated heterocycles. The van der Waals surface area contributed by atoms with Crippen LogP contribution >= 0.6 is 0 Å². The fourth-order valence-corrected chi connectivity index (χ4v) is 1.15. The molecule has 0 bridgehead atoms. The topological polar surface area (TPSA) is 20.2 Å². The van der Waals surface area contributed by atoms with Gasteiger partial charge in [-0.15, -0.1) is 0 Å². The molecule has 0 aliphatic rings. The highest BCUT2D eigenvalue weighted by Gasteiger charge is 2.10. The van der Waals surface area contributed by atoms with Gasteiger partial charge < -0.3 is 5.11 Å². The van der Waals surface area contributed by atoms with Crippen LogP contribution in [0.5, 0.6) is 0 Å². The molecule has 0 aromatic rings. The molecule has 0 fully saturated rings. The third kappa shape index (κ3) is 4.20. The van der Waals surface area contributed by atoms with Gasteiger partial charge in [-0.05, 0) is 24.3 Å². The lowest BCUT2D eigenvalue weighted by Gasteiger charge is -2.15. The summed E-state index contributed by atoms with van der Waals surface area (Å²) in [6.45, 7) is 10.3. The van der Waals surface area contributed by atoms with Gasteiger partial charge in [0.25, 0.3) is 0 Å². The Morgan fingerprint density at radius 3 is 1.91 bits per heavy atom. The molecule has 66 valence electrons. The highest BCUT2D eigenvalue weighted by Crippen LogP contribution is 2.13. The van der Waals surface area contributed by atoms with Crippen LogP contribution in [0.3, 0.4) is 0 Å². The maximum absolute atomic E-state index is 9.58. The zero-order valence-corrected chi connectivity index (χ0v) is 8.26. The van der Waals surface area contributed by atoms with Crippen LogP contribution in [0.4, 0.5) is 0 Å². The Bertz CT molecular complexity index is 134. The minimum atomic E-state index is -0.266. The van der Waals surface area contributed by atoms with E-state index in [1.165, 1.54) is 0 Å². The number of allylic oxidation sites excluding steroid dienone is 1. The van der Waals surface area contributed by atoms with Gasteiger partial charge in [-0.3, -0.25) is 0 Å². The van der Waals surface area contributed by atoms with Crippen molar-refractivity contribution in [3.63, 3.8) is 0 Å². The first kappa shape index (κ1) is 10.7. The van der Waals surface area contributed by atoms with Crippen molar-refractivity contribution in [2.75, 3.05) is 0 Å². The molecule has 0 aliphatic heterocycles. The Morgan fingerprint density at radius 1 is 1.18 bits per heavy atom. The van der Waals surface area contributed by atoms with Crippen LogP contribution in [-0.4, -0.2) is 11.2 Å². The zero-order valence-electron chi connectivity index (χ0n) is 8.26. The van der Waals surface area contributed by atoms with E-state index in [4.69, 9.17) is 0 Å². The minimum Gasteiger partial charge on any atom is -0.389 e. The van der Waals surface area contributed by atoms with Gasteiger partial charge in [0, 0.05) is 0 Å². The predicted molar refractivity (Wildman–Crippen MR) is 49.4 cm³/mol. The number of aliphatic hydroxyl groups is 1. The summed E-state index contributed by atoms with van der Waals surface area (Å²) in [5, 5.41) is 9.58. The van der Waals surface area contributed by atoms with E-state index >= 15 is 0 Å². The van der Waals surface area contributed by atoms with Crippen LogP contribution in [0, 0.1) is 11.8 Å². The highest BCUT2D eigenvalue weighted by molar-refractivity contribution is 5.06. The Morgan fingerprint density at radius 2 is 1.64 bits per heavy atom. The van der Waals surface area contributed by atoms with Crippen LogP contribution in [0.2, 0.25) is 0 Å². The summed E-state index contributed by atoms with van der Waals surface area (Å²) in [4.78, 5) is 0. The van der Waals surface area contributed by atoms with Crippen molar-refractivity contribution in [1.82, 2.24) is 0 Å². The molecule has 0 spiro atoms. The molecule has 1 N–H and O–H groups in total. The second kappa shape index (κ2) is 4.55. The summed E-state index contributed by atoms with van der Waals surface area (Å²) in [6.07, 6.45) is 1.85. The zero-order chi connectivity index (χ0) is 9.02. The lowest BCUT2D eigenvalue weighted by Crippen LogP contribution is -2.16. The summed E-state index contributed by atoms with van der Waals surface area (Å²) >= 11 is 0. The first-order valence-corrected chi connectivity index (χ1v) is 4.31. The van der Waals surface area contributed by atoms with Gasteiger partial charge >= 0.3 is 0 Å². The van der Waals surface area contributed by atoms with Gasteiger partial charge in [0.2, 0.25) is 0 Å². The van der Waals surface area contributed by atoms with Crippen molar-refractivity contribution in [3.8, 4) is 0 Å². The van der Waals surface area contributed by atoms with E-state index in [1.807, 2.05) is 20.8 Å². The summed E-state index contributed by atoms with van der Waals surface area (Å²) < 4.78 is 0. The van der Waals surface area contributed by atoms with Gasteiger partial charge in [-0.1, -0.05) is 33.8 Å². The van der Waals surface area contributed by atoms with E-state index < -0.39 is 0 Å². The standard InChI is InChI=1S/C10H20O/c1-7(2)6-9(5)10(11)8(3)4/h6-8,10-11H,1-5H3/b9-6+. The molecule has 11 heavy (non-hydrogen) atoms. The molecule has 1 heteroatoms. The van der Waals surface area contributed by atoms with Gasteiger partial charge in [0.15, 0.2) is 0 Å². The van der Waals surface area contributed by atoms with Crippen molar-refractivity contribution < 1.29 is 5.11 Å². The lowest BCUT2D eigenvalue weighted by atomic mass is 9.98. The summed E-state index contributed by atoms with van der Waals surface area (Å²) in [5.74, 6) is 0.855. The molecule has 0 aromatic carbocycles. The van der Waals surface area contributed by atoms with E-state index in [9.17, 15) is 5.11 Å². The number of rotatable bonds is 3. The second-order valence-corrected chi connectivity index (χ2v) is 3.84. The molecule has 0 saturated carbocycles. The Kier molecular flexibility index (Phi) is 4.43. The van der Waals surface area contributed by atoms with Crippen molar-refractivity contribution in [2.24, 2.45) is 11.8 Å². The van der Waals surface area contributed by atoms with Crippen molar-refractivity contribution >= 4 is 0 Å². The Hall–Kier alpha value is -0.300. The van der Waals surface area contributed by atoms with Gasteiger partial charge in [-0.2, -0.15) is 0 Å². The fraction of sp³-hybridized carbons (Fsp3) is 0.800. The van der Waals surface area contributed by atoms with E-state index in [1.54, 1.807) is 0 Å². The lowest BCUT2D eigenvalue weighted by molar-refractivity contribution is 0.159. The van der Waals surface area contributed by atoms with Gasteiger partial charge in [0.05, 0.1) is 6.10 Å². The first-order chi connectivity index (χ1) is 4.95. The van der Waals surface area contributed by atoms with Crippen LogP contribution in [0.25, 0.3) is 0 Å². The largest absolute Gasteiger partial charge is 0.389 e. The molecule has 0 rings (SSSR count). The second-order valence-electron chi connectivity index (χ2n) is 3.84. The number of hydrogen-bond donors (Lipinski definition) is 1. The number of aliphatic hydroxyl groups excluding tert-OH is 1. The Balaban J connectivity index is 4.11. The van der Waals surface area contributed by atoms with Crippen molar-refractivity contribution in [3.05, 3.63) is 11.6 Å². The minimum absolute atomic E-state index is 0.266. The number of hydrogen-bond acceptors (Lipinski definition) is 1. The van der Waals surface area contributed by atoms with Crippen LogP contribution < -0.4 is 0 Å². The molecule has 1 unspecified atom stereocenters. The molecule has 0 amide bonds. The smallest absolute Gasteiger partial charge is 0.0770 e. The SMILES string of the molecule is C/C(=C\C(C)C)C(O)C(C)C. The molecule has 0 aromatic heterocycles. The van der Waals surface area contributed by atoms with E-state index in [0.717, 1.165) is 5.57 Å². The van der Waals surface area contributed by atoms with Crippen LogP contribution in [0.15, 0.2) is 11.6 Å². The van der Waals surface area contributed by atoms with Crippen molar-refractivity contribution in [2.45, 2.75) is 40.7 Å². The predicted octanol–water partition coefficient (Wildman–Crippen LogP) is 2.61. The van der Waals surface area contributed by atoms with Crippen LogP contribution in [-0.2, 0) is 0 Å². The average Bonchev–Trinajstić information content (AvgIpc) is 1.84. The molecule has 0 heterocycles.